The normalized spacial score (nSPS) is 20.0. The van der Waals surface area contributed by atoms with Gasteiger partial charge in [0.05, 0.1) is 6.42 Å². The lowest BCUT2D eigenvalue weighted by Gasteiger charge is -2.32. The Morgan fingerprint density at radius 3 is 2.66 bits per heavy atom. The fraction of sp³-hybridized carbons (Fsp3) is 0.500. The molecule has 7 heteroatoms. The molecule has 1 saturated carbocycles. The van der Waals surface area contributed by atoms with E-state index in [0.717, 1.165) is 43.5 Å². The van der Waals surface area contributed by atoms with Crippen LogP contribution in [0.25, 0.3) is 0 Å². The molecule has 2 N–H and O–H groups in total. The summed E-state index contributed by atoms with van der Waals surface area (Å²) in [5.41, 5.74) is 2.13. The van der Waals surface area contributed by atoms with Crippen molar-refractivity contribution in [2.75, 3.05) is 13.1 Å². The lowest BCUT2D eigenvalue weighted by atomic mass is 9.94. The highest BCUT2D eigenvalue weighted by Gasteiger charge is 2.27. The number of rotatable bonds is 5. The van der Waals surface area contributed by atoms with Gasteiger partial charge in [-0.1, -0.05) is 25.0 Å². The summed E-state index contributed by atoms with van der Waals surface area (Å²) in [7, 11) is 0. The number of aromatic nitrogens is 2. The third-order valence-corrected chi connectivity index (χ3v) is 6.00. The molecule has 1 aliphatic heterocycles. The van der Waals surface area contributed by atoms with Gasteiger partial charge in [0.15, 0.2) is 0 Å². The summed E-state index contributed by atoms with van der Waals surface area (Å²) in [5.74, 6) is -0.243. The number of halogens is 1. The molecule has 0 radical (unpaired) electrons. The molecule has 1 aromatic heterocycles. The first kappa shape index (κ1) is 19.6. The Bertz CT molecular complexity index is 858. The number of hydrogen-bond donors (Lipinski definition) is 2. The van der Waals surface area contributed by atoms with Crippen LogP contribution < -0.4 is 5.32 Å². The van der Waals surface area contributed by atoms with E-state index in [1.54, 1.807) is 12.1 Å². The van der Waals surface area contributed by atoms with E-state index in [-0.39, 0.29) is 36.0 Å². The topological polar surface area (TPSA) is 78.1 Å². The first-order valence-electron chi connectivity index (χ1n) is 10.5. The molecule has 29 heavy (non-hydrogen) atoms. The molecule has 0 bridgehead atoms. The second-order valence-electron chi connectivity index (χ2n) is 8.15. The predicted octanol–water partition coefficient (Wildman–Crippen LogP) is 3.17. The first-order valence-corrected chi connectivity index (χ1v) is 10.5. The summed E-state index contributed by atoms with van der Waals surface area (Å²) < 4.78 is 13.1. The fourth-order valence-electron chi connectivity index (χ4n) is 4.34. The van der Waals surface area contributed by atoms with Gasteiger partial charge in [-0.05, 0) is 49.4 Å². The number of amides is 2. The second kappa shape index (κ2) is 8.76. The highest BCUT2D eigenvalue weighted by atomic mass is 19.1. The van der Waals surface area contributed by atoms with Gasteiger partial charge in [-0.15, -0.1) is 0 Å². The third kappa shape index (κ3) is 4.83. The van der Waals surface area contributed by atoms with Gasteiger partial charge in [0.1, 0.15) is 11.5 Å². The summed E-state index contributed by atoms with van der Waals surface area (Å²) >= 11 is 0. The van der Waals surface area contributed by atoms with E-state index < -0.39 is 0 Å². The Kier molecular flexibility index (Phi) is 5.92. The molecular formula is C22H27FN4O2. The number of carbonyl (C=O) groups excluding carboxylic acids is 2. The van der Waals surface area contributed by atoms with Crippen LogP contribution in [0.3, 0.4) is 0 Å². The Labute approximate surface area is 169 Å². The maximum Gasteiger partial charge on any atom is 0.271 e. The lowest BCUT2D eigenvalue weighted by Crippen LogP contribution is -2.40. The Morgan fingerprint density at radius 1 is 1.14 bits per heavy atom. The van der Waals surface area contributed by atoms with Crippen molar-refractivity contribution in [3.05, 3.63) is 53.1 Å². The molecule has 2 amide bonds. The van der Waals surface area contributed by atoms with Crippen molar-refractivity contribution >= 4 is 11.8 Å². The van der Waals surface area contributed by atoms with E-state index in [1.165, 1.54) is 25.0 Å². The molecule has 6 nitrogen and oxygen atoms in total. The van der Waals surface area contributed by atoms with Gasteiger partial charge in [0.2, 0.25) is 5.91 Å². The van der Waals surface area contributed by atoms with Gasteiger partial charge >= 0.3 is 0 Å². The zero-order valence-corrected chi connectivity index (χ0v) is 16.5. The highest BCUT2D eigenvalue weighted by Crippen LogP contribution is 2.27. The van der Waals surface area contributed by atoms with Gasteiger partial charge in [-0.2, -0.15) is 5.10 Å². The average Bonchev–Trinajstić information content (AvgIpc) is 3.42. The summed E-state index contributed by atoms with van der Waals surface area (Å²) in [6, 6.07) is 8.15. The molecule has 1 saturated heterocycles. The molecular weight excluding hydrogens is 371 g/mol. The van der Waals surface area contributed by atoms with E-state index in [4.69, 9.17) is 0 Å². The molecule has 2 aliphatic rings. The summed E-state index contributed by atoms with van der Waals surface area (Å²) in [6.45, 7) is 1.32. The zero-order chi connectivity index (χ0) is 20.2. The van der Waals surface area contributed by atoms with Crippen LogP contribution in [0.2, 0.25) is 0 Å². The molecule has 154 valence electrons. The standard InChI is InChI=1S/C22H27FN4O2/c23-17-9-7-15(8-10-17)12-21(28)27-11-3-4-16(14-27)19-13-20(26-25-19)22(29)24-18-5-1-2-6-18/h7-10,13,16,18H,1-6,11-12,14H2,(H,24,29)(H,25,26)/t16-/m0/s1. The summed E-state index contributed by atoms with van der Waals surface area (Å²) in [6.07, 6.45) is 6.54. The van der Waals surface area contributed by atoms with Gasteiger partial charge in [-0.25, -0.2) is 4.39 Å². The number of hydrogen-bond acceptors (Lipinski definition) is 3. The van der Waals surface area contributed by atoms with Crippen molar-refractivity contribution in [3.63, 3.8) is 0 Å². The number of piperidine rings is 1. The van der Waals surface area contributed by atoms with Crippen LogP contribution in [0, 0.1) is 5.82 Å². The summed E-state index contributed by atoms with van der Waals surface area (Å²) in [5, 5.41) is 10.3. The largest absolute Gasteiger partial charge is 0.348 e. The molecule has 2 aromatic rings. The molecule has 1 aromatic carbocycles. The first-order chi connectivity index (χ1) is 14.1. The van der Waals surface area contributed by atoms with E-state index in [1.807, 2.05) is 11.0 Å². The van der Waals surface area contributed by atoms with Gasteiger partial charge in [-0.3, -0.25) is 14.7 Å². The van der Waals surface area contributed by atoms with Crippen LogP contribution in [-0.2, 0) is 11.2 Å². The lowest BCUT2D eigenvalue weighted by molar-refractivity contribution is -0.131. The van der Waals surface area contributed by atoms with Crippen LogP contribution in [-0.4, -0.2) is 46.0 Å². The molecule has 2 fully saturated rings. The number of H-pyrrole nitrogens is 1. The van der Waals surface area contributed by atoms with Gasteiger partial charge in [0.25, 0.3) is 5.91 Å². The number of nitrogens with zero attached hydrogens (tertiary/aromatic N) is 2. The van der Waals surface area contributed by atoms with E-state index in [0.29, 0.717) is 12.2 Å². The van der Waals surface area contributed by atoms with Crippen molar-refractivity contribution in [2.45, 2.75) is 56.9 Å². The Morgan fingerprint density at radius 2 is 1.90 bits per heavy atom. The minimum atomic E-state index is -0.300. The molecule has 4 rings (SSSR count). The van der Waals surface area contributed by atoms with Crippen molar-refractivity contribution in [1.29, 1.82) is 0 Å². The van der Waals surface area contributed by atoms with E-state index in [2.05, 4.69) is 15.5 Å². The SMILES string of the molecule is O=C(NC1CCCC1)c1cc([C@H]2CCCN(C(=O)Cc3ccc(F)cc3)C2)[nH]n1. The van der Waals surface area contributed by atoms with Crippen LogP contribution in [0.5, 0.6) is 0 Å². The van der Waals surface area contributed by atoms with Crippen LogP contribution in [0.15, 0.2) is 30.3 Å². The average molecular weight is 398 g/mol. The Balaban J connectivity index is 1.35. The van der Waals surface area contributed by atoms with Crippen molar-refractivity contribution in [3.8, 4) is 0 Å². The molecule has 0 spiro atoms. The Hall–Kier alpha value is -2.70. The minimum Gasteiger partial charge on any atom is -0.348 e. The second-order valence-corrected chi connectivity index (χ2v) is 8.15. The maximum atomic E-state index is 13.1. The number of nitrogens with one attached hydrogen (secondary N) is 2. The van der Waals surface area contributed by atoms with Gasteiger partial charge < -0.3 is 10.2 Å². The quantitative estimate of drug-likeness (QED) is 0.812. The number of benzene rings is 1. The number of likely N-dealkylation sites (tertiary alicyclic amines) is 1. The van der Waals surface area contributed by atoms with Crippen molar-refractivity contribution in [1.82, 2.24) is 20.4 Å². The fourth-order valence-corrected chi connectivity index (χ4v) is 4.34. The molecule has 2 heterocycles. The van der Waals surface area contributed by atoms with Crippen LogP contribution >= 0.6 is 0 Å². The van der Waals surface area contributed by atoms with Crippen LogP contribution in [0.1, 0.15) is 66.2 Å². The smallest absolute Gasteiger partial charge is 0.271 e. The van der Waals surface area contributed by atoms with Gasteiger partial charge in [0, 0.05) is 30.7 Å². The number of aromatic amines is 1. The van der Waals surface area contributed by atoms with Crippen LogP contribution in [0.4, 0.5) is 4.39 Å². The zero-order valence-electron chi connectivity index (χ0n) is 16.5. The monoisotopic (exact) mass is 398 g/mol. The highest BCUT2D eigenvalue weighted by molar-refractivity contribution is 5.92. The van der Waals surface area contributed by atoms with E-state index in [9.17, 15) is 14.0 Å². The van der Waals surface area contributed by atoms with E-state index >= 15 is 0 Å². The molecule has 1 aliphatic carbocycles. The van der Waals surface area contributed by atoms with Crippen molar-refractivity contribution in [2.24, 2.45) is 0 Å². The number of carbonyl (C=O) groups is 2. The predicted molar refractivity (Wildman–Crippen MR) is 107 cm³/mol. The molecule has 0 unspecified atom stereocenters. The molecule has 1 atom stereocenters. The van der Waals surface area contributed by atoms with Crippen molar-refractivity contribution < 1.29 is 14.0 Å². The minimum absolute atomic E-state index is 0.0417. The third-order valence-electron chi connectivity index (χ3n) is 6.00. The maximum absolute atomic E-state index is 13.1. The summed E-state index contributed by atoms with van der Waals surface area (Å²) in [4.78, 5) is 26.9.